The Morgan fingerprint density at radius 3 is 2.84 bits per heavy atom. The Balaban J connectivity index is 2.40. The normalized spacial score (nSPS) is 18.6. The minimum absolute atomic E-state index is 0.192. The van der Waals surface area contributed by atoms with Gasteiger partial charge >= 0.3 is 5.97 Å². The maximum atomic E-state index is 11.4. The van der Waals surface area contributed by atoms with Gasteiger partial charge in [-0.25, -0.2) is 9.78 Å². The fourth-order valence-corrected chi connectivity index (χ4v) is 2.36. The van der Waals surface area contributed by atoms with Gasteiger partial charge in [-0.15, -0.1) is 0 Å². The van der Waals surface area contributed by atoms with Crippen molar-refractivity contribution in [1.29, 1.82) is 0 Å². The average Bonchev–Trinajstić information content (AvgIpc) is 2.87. The molecule has 0 saturated carbocycles. The molecular formula is C13H17N3O3. The molecule has 0 bridgehead atoms. The summed E-state index contributed by atoms with van der Waals surface area (Å²) in [4.78, 5) is 28.7. The van der Waals surface area contributed by atoms with Crippen LogP contribution in [0.2, 0.25) is 0 Å². The molecule has 1 unspecified atom stereocenters. The van der Waals surface area contributed by atoms with Crippen molar-refractivity contribution in [3.63, 3.8) is 0 Å². The van der Waals surface area contributed by atoms with Crippen molar-refractivity contribution in [2.24, 2.45) is 5.73 Å². The molecule has 1 aromatic heterocycles. The Morgan fingerprint density at radius 1 is 1.53 bits per heavy atom. The number of amides is 1. The van der Waals surface area contributed by atoms with Gasteiger partial charge in [-0.2, -0.15) is 0 Å². The molecule has 6 nitrogen and oxygen atoms in total. The third-order valence-electron chi connectivity index (χ3n) is 3.35. The van der Waals surface area contributed by atoms with Crippen LogP contribution in [-0.4, -0.2) is 34.6 Å². The third kappa shape index (κ3) is 2.67. The maximum absolute atomic E-state index is 11.4. The molecule has 19 heavy (non-hydrogen) atoms. The summed E-state index contributed by atoms with van der Waals surface area (Å²) in [5.41, 5.74) is 6.26. The molecule has 0 radical (unpaired) electrons. The molecule has 2 heterocycles. The van der Waals surface area contributed by atoms with Crippen molar-refractivity contribution in [3.8, 4) is 0 Å². The van der Waals surface area contributed by atoms with Gasteiger partial charge in [0.05, 0.1) is 5.56 Å². The molecule has 1 atom stereocenters. The number of carbonyl (C=O) groups is 2. The first-order valence-electron chi connectivity index (χ1n) is 6.33. The van der Waals surface area contributed by atoms with Crippen LogP contribution in [0.5, 0.6) is 0 Å². The van der Waals surface area contributed by atoms with Gasteiger partial charge in [-0.3, -0.25) is 4.79 Å². The second-order valence-electron chi connectivity index (χ2n) is 4.62. The highest BCUT2D eigenvalue weighted by atomic mass is 16.4. The number of hydrogen-bond acceptors (Lipinski definition) is 4. The molecule has 0 spiro atoms. The number of aromatic nitrogens is 1. The fourth-order valence-electron chi connectivity index (χ4n) is 2.36. The second-order valence-corrected chi connectivity index (χ2v) is 4.62. The number of primary amides is 1. The SMILES string of the molecule is CCc1cc(C(=O)O)cc(N2CCCC2C(N)=O)n1. The van der Waals surface area contributed by atoms with Crippen molar-refractivity contribution < 1.29 is 14.7 Å². The number of aryl methyl sites for hydroxylation is 1. The molecule has 1 fully saturated rings. The minimum Gasteiger partial charge on any atom is -0.478 e. The molecule has 6 heteroatoms. The van der Waals surface area contributed by atoms with Crippen molar-refractivity contribution >= 4 is 17.7 Å². The zero-order valence-corrected chi connectivity index (χ0v) is 10.8. The Kier molecular flexibility index (Phi) is 3.69. The summed E-state index contributed by atoms with van der Waals surface area (Å²) < 4.78 is 0. The van der Waals surface area contributed by atoms with Crippen molar-refractivity contribution in [1.82, 2.24) is 4.98 Å². The summed E-state index contributed by atoms with van der Waals surface area (Å²) in [6.07, 6.45) is 2.19. The number of rotatable bonds is 4. The molecule has 1 amide bonds. The predicted octanol–water partition coefficient (Wildman–Crippen LogP) is 0.796. The topological polar surface area (TPSA) is 96.5 Å². The van der Waals surface area contributed by atoms with Gasteiger partial charge in [0.2, 0.25) is 5.91 Å². The lowest BCUT2D eigenvalue weighted by Gasteiger charge is -2.24. The Morgan fingerprint density at radius 2 is 2.26 bits per heavy atom. The number of nitrogens with two attached hydrogens (primary N) is 1. The number of aromatic carboxylic acids is 1. The molecule has 1 saturated heterocycles. The zero-order chi connectivity index (χ0) is 14.0. The lowest BCUT2D eigenvalue weighted by Crippen LogP contribution is -2.40. The van der Waals surface area contributed by atoms with Crippen LogP contribution >= 0.6 is 0 Å². The predicted molar refractivity (Wildman–Crippen MR) is 70.1 cm³/mol. The quantitative estimate of drug-likeness (QED) is 0.837. The van der Waals surface area contributed by atoms with E-state index in [1.54, 1.807) is 11.0 Å². The van der Waals surface area contributed by atoms with Gasteiger partial charge in [0.15, 0.2) is 0 Å². The molecule has 1 aliphatic heterocycles. The van der Waals surface area contributed by atoms with E-state index in [1.165, 1.54) is 6.07 Å². The van der Waals surface area contributed by atoms with Crippen LogP contribution in [0, 0.1) is 0 Å². The lowest BCUT2D eigenvalue weighted by atomic mass is 10.1. The van der Waals surface area contributed by atoms with Gasteiger partial charge in [0, 0.05) is 12.2 Å². The first kappa shape index (κ1) is 13.3. The Labute approximate surface area is 111 Å². The van der Waals surface area contributed by atoms with Gasteiger partial charge < -0.3 is 15.7 Å². The van der Waals surface area contributed by atoms with Crippen LogP contribution in [0.3, 0.4) is 0 Å². The lowest BCUT2D eigenvalue weighted by molar-refractivity contribution is -0.119. The van der Waals surface area contributed by atoms with Gasteiger partial charge in [-0.05, 0) is 31.4 Å². The molecule has 2 rings (SSSR count). The van der Waals surface area contributed by atoms with E-state index in [0.717, 1.165) is 6.42 Å². The highest BCUT2D eigenvalue weighted by Crippen LogP contribution is 2.25. The van der Waals surface area contributed by atoms with E-state index in [9.17, 15) is 9.59 Å². The van der Waals surface area contributed by atoms with Crippen LogP contribution in [0.4, 0.5) is 5.82 Å². The number of carboxylic acids is 1. The van der Waals surface area contributed by atoms with E-state index >= 15 is 0 Å². The largest absolute Gasteiger partial charge is 0.478 e. The van der Waals surface area contributed by atoms with Crippen molar-refractivity contribution in [2.45, 2.75) is 32.2 Å². The monoisotopic (exact) mass is 263 g/mol. The molecular weight excluding hydrogens is 246 g/mol. The molecule has 1 aromatic rings. The van der Waals surface area contributed by atoms with Crippen LogP contribution in [0.25, 0.3) is 0 Å². The van der Waals surface area contributed by atoms with E-state index in [0.29, 0.717) is 30.9 Å². The molecule has 102 valence electrons. The highest BCUT2D eigenvalue weighted by molar-refractivity contribution is 5.89. The summed E-state index contributed by atoms with van der Waals surface area (Å²) in [5, 5.41) is 9.11. The molecule has 1 aliphatic rings. The molecule has 0 aliphatic carbocycles. The third-order valence-corrected chi connectivity index (χ3v) is 3.35. The first-order valence-corrected chi connectivity index (χ1v) is 6.33. The number of carboxylic acid groups (broad SMARTS) is 1. The summed E-state index contributed by atoms with van der Waals surface area (Å²) in [7, 11) is 0. The zero-order valence-electron chi connectivity index (χ0n) is 10.8. The van der Waals surface area contributed by atoms with Crippen molar-refractivity contribution in [3.05, 3.63) is 23.4 Å². The Hall–Kier alpha value is -2.11. The van der Waals surface area contributed by atoms with Crippen LogP contribution < -0.4 is 10.6 Å². The highest BCUT2D eigenvalue weighted by Gasteiger charge is 2.30. The van der Waals surface area contributed by atoms with E-state index in [1.807, 2.05) is 6.92 Å². The number of carbonyl (C=O) groups excluding carboxylic acids is 1. The van der Waals surface area contributed by atoms with Crippen LogP contribution in [0.1, 0.15) is 35.8 Å². The van der Waals surface area contributed by atoms with E-state index in [4.69, 9.17) is 10.8 Å². The van der Waals surface area contributed by atoms with Gasteiger partial charge in [0.1, 0.15) is 11.9 Å². The molecule has 3 N–H and O–H groups in total. The smallest absolute Gasteiger partial charge is 0.335 e. The van der Waals surface area contributed by atoms with Crippen LogP contribution in [0.15, 0.2) is 12.1 Å². The van der Waals surface area contributed by atoms with Crippen molar-refractivity contribution in [2.75, 3.05) is 11.4 Å². The summed E-state index contributed by atoms with van der Waals surface area (Å²) in [6.45, 7) is 2.58. The number of pyridine rings is 1. The number of nitrogens with zero attached hydrogens (tertiary/aromatic N) is 2. The number of hydrogen-bond donors (Lipinski definition) is 2. The van der Waals surface area contributed by atoms with E-state index in [-0.39, 0.29) is 11.6 Å². The van der Waals surface area contributed by atoms with Crippen LogP contribution in [-0.2, 0) is 11.2 Å². The summed E-state index contributed by atoms with van der Waals surface area (Å²) in [6, 6.07) is 2.67. The maximum Gasteiger partial charge on any atom is 0.335 e. The van der Waals surface area contributed by atoms with E-state index in [2.05, 4.69) is 4.98 Å². The van der Waals surface area contributed by atoms with Gasteiger partial charge in [0.25, 0.3) is 0 Å². The number of anilines is 1. The standard InChI is InChI=1S/C13H17N3O3/c1-2-9-6-8(13(18)19)7-11(15-9)16-5-3-4-10(16)12(14)17/h6-7,10H,2-5H2,1H3,(H2,14,17)(H,18,19). The Bertz CT molecular complexity index is 516. The van der Waals surface area contributed by atoms with Gasteiger partial charge in [-0.1, -0.05) is 6.92 Å². The average molecular weight is 263 g/mol. The summed E-state index contributed by atoms with van der Waals surface area (Å²) in [5.74, 6) is -0.857. The fraction of sp³-hybridized carbons (Fsp3) is 0.462. The second kappa shape index (κ2) is 5.26. The first-order chi connectivity index (χ1) is 9.02. The summed E-state index contributed by atoms with van der Waals surface area (Å²) >= 11 is 0. The molecule has 0 aromatic carbocycles. The minimum atomic E-state index is -0.992. The van der Waals surface area contributed by atoms with E-state index < -0.39 is 11.9 Å².